The Labute approximate surface area is 112 Å². The second-order valence-electron chi connectivity index (χ2n) is 4.29. The molecule has 106 valence electrons. The third-order valence-electron chi connectivity index (χ3n) is 2.75. The lowest BCUT2D eigenvalue weighted by Crippen LogP contribution is -2.27. The summed E-state index contributed by atoms with van der Waals surface area (Å²) >= 11 is 0. The van der Waals surface area contributed by atoms with Gasteiger partial charge in [0.2, 0.25) is 5.91 Å². The molecule has 5 N–H and O–H groups in total. The summed E-state index contributed by atoms with van der Waals surface area (Å²) in [6.07, 6.45) is -1.90. The van der Waals surface area contributed by atoms with E-state index >= 15 is 0 Å². The highest BCUT2D eigenvalue weighted by Gasteiger charge is 2.21. The number of carbonyl (C=O) groups excluding carboxylic acids is 1. The van der Waals surface area contributed by atoms with E-state index in [-0.39, 0.29) is 18.9 Å². The van der Waals surface area contributed by atoms with Crippen LogP contribution in [-0.2, 0) is 4.79 Å². The summed E-state index contributed by atoms with van der Waals surface area (Å²) in [5, 5.41) is 22.5. The summed E-state index contributed by atoms with van der Waals surface area (Å²) < 4.78 is 5.12. The second-order valence-corrected chi connectivity index (χ2v) is 4.29. The number of methoxy groups -OCH3 is 1. The Morgan fingerprint density at radius 3 is 2.74 bits per heavy atom. The van der Waals surface area contributed by atoms with Crippen LogP contribution in [-0.4, -0.2) is 35.9 Å². The third-order valence-corrected chi connectivity index (χ3v) is 2.75. The average Bonchev–Trinajstić information content (AvgIpc) is 2.37. The van der Waals surface area contributed by atoms with Gasteiger partial charge in [0, 0.05) is 24.7 Å². The zero-order chi connectivity index (χ0) is 14.4. The molecule has 6 nitrogen and oxygen atoms in total. The van der Waals surface area contributed by atoms with Crippen LogP contribution < -0.4 is 15.8 Å². The first-order valence-corrected chi connectivity index (χ1v) is 5.99. The summed E-state index contributed by atoms with van der Waals surface area (Å²) in [5.74, 6) is 0.281. The molecule has 0 aromatic heterocycles. The number of anilines is 1. The predicted molar refractivity (Wildman–Crippen MR) is 71.7 cm³/mol. The lowest BCUT2D eigenvalue weighted by Gasteiger charge is -2.20. The van der Waals surface area contributed by atoms with Crippen molar-refractivity contribution in [3.05, 3.63) is 23.8 Å². The van der Waals surface area contributed by atoms with Crippen LogP contribution in [0.5, 0.6) is 5.75 Å². The molecule has 6 heteroatoms. The highest BCUT2D eigenvalue weighted by atomic mass is 16.5. The second kappa shape index (κ2) is 6.96. The average molecular weight is 268 g/mol. The molecular weight excluding hydrogens is 248 g/mol. The van der Waals surface area contributed by atoms with E-state index in [4.69, 9.17) is 10.5 Å². The van der Waals surface area contributed by atoms with Gasteiger partial charge in [-0.2, -0.15) is 0 Å². The molecule has 2 atom stereocenters. The minimum absolute atomic E-state index is 0.178. The Balaban J connectivity index is 2.72. The zero-order valence-corrected chi connectivity index (χ0v) is 11.1. The fraction of sp³-hybridized carbons (Fsp3) is 0.462. The molecule has 2 unspecified atom stereocenters. The van der Waals surface area contributed by atoms with E-state index in [0.717, 1.165) is 0 Å². The van der Waals surface area contributed by atoms with Crippen LogP contribution in [0.2, 0.25) is 0 Å². The fourth-order valence-electron chi connectivity index (χ4n) is 1.75. The summed E-state index contributed by atoms with van der Waals surface area (Å²) in [6.45, 7) is 1.68. The maximum atomic E-state index is 10.7. The van der Waals surface area contributed by atoms with Crippen molar-refractivity contribution in [2.24, 2.45) is 0 Å². The fourth-order valence-corrected chi connectivity index (χ4v) is 1.75. The number of amides is 1. The minimum atomic E-state index is -1.12. The molecule has 0 spiro atoms. The zero-order valence-electron chi connectivity index (χ0n) is 11.1. The van der Waals surface area contributed by atoms with Gasteiger partial charge in [-0.25, -0.2) is 0 Å². The molecule has 0 aliphatic heterocycles. The lowest BCUT2D eigenvalue weighted by molar-refractivity contribution is -0.119. The molecule has 0 radical (unpaired) electrons. The molecule has 0 bridgehead atoms. The Kier molecular flexibility index (Phi) is 5.59. The highest BCUT2D eigenvalue weighted by Crippen LogP contribution is 2.30. The Morgan fingerprint density at radius 1 is 1.47 bits per heavy atom. The first-order chi connectivity index (χ1) is 8.95. The van der Waals surface area contributed by atoms with Crippen molar-refractivity contribution in [1.29, 1.82) is 0 Å². The molecule has 0 heterocycles. The molecular formula is C13H20N2O4. The van der Waals surface area contributed by atoms with Crippen molar-refractivity contribution in [3.63, 3.8) is 0 Å². The number of nitrogens with one attached hydrogen (secondary N) is 1. The molecule has 0 saturated carbocycles. The van der Waals surface area contributed by atoms with E-state index in [2.05, 4.69) is 5.32 Å². The minimum Gasteiger partial charge on any atom is -0.496 e. The smallest absolute Gasteiger partial charge is 0.216 e. The van der Waals surface area contributed by atoms with Crippen LogP contribution in [0.25, 0.3) is 0 Å². The highest BCUT2D eigenvalue weighted by molar-refractivity contribution is 5.72. The maximum absolute atomic E-state index is 10.7. The summed E-state index contributed by atoms with van der Waals surface area (Å²) in [6, 6.07) is 4.85. The van der Waals surface area contributed by atoms with Gasteiger partial charge in [-0.3, -0.25) is 4.79 Å². The number of hydrogen-bond acceptors (Lipinski definition) is 5. The van der Waals surface area contributed by atoms with Crippen LogP contribution in [0.3, 0.4) is 0 Å². The van der Waals surface area contributed by atoms with Gasteiger partial charge in [-0.15, -0.1) is 0 Å². The summed E-state index contributed by atoms with van der Waals surface area (Å²) in [4.78, 5) is 10.7. The lowest BCUT2D eigenvalue weighted by atomic mass is 10.0. The van der Waals surface area contributed by atoms with Gasteiger partial charge in [0.15, 0.2) is 0 Å². The summed E-state index contributed by atoms with van der Waals surface area (Å²) in [5.41, 5.74) is 6.56. The number of nitrogen functional groups attached to an aromatic ring is 1. The number of nitrogens with two attached hydrogens (primary N) is 1. The first-order valence-electron chi connectivity index (χ1n) is 5.99. The van der Waals surface area contributed by atoms with Crippen LogP contribution in [0.15, 0.2) is 18.2 Å². The van der Waals surface area contributed by atoms with E-state index in [1.807, 2.05) is 0 Å². The number of aliphatic hydroxyl groups excluding tert-OH is 2. The van der Waals surface area contributed by atoms with Crippen LogP contribution in [0.1, 0.15) is 25.0 Å². The maximum Gasteiger partial charge on any atom is 0.216 e. The Bertz CT molecular complexity index is 437. The van der Waals surface area contributed by atoms with Crippen molar-refractivity contribution in [3.8, 4) is 5.75 Å². The Morgan fingerprint density at radius 2 is 2.16 bits per heavy atom. The van der Waals surface area contributed by atoms with E-state index in [1.165, 1.54) is 14.0 Å². The monoisotopic (exact) mass is 268 g/mol. The van der Waals surface area contributed by atoms with Gasteiger partial charge in [0.1, 0.15) is 11.9 Å². The van der Waals surface area contributed by atoms with Gasteiger partial charge in [-0.1, -0.05) is 0 Å². The normalized spacial score (nSPS) is 13.7. The summed E-state index contributed by atoms with van der Waals surface area (Å²) in [7, 11) is 1.48. The van der Waals surface area contributed by atoms with Crippen molar-refractivity contribution in [1.82, 2.24) is 5.32 Å². The number of benzene rings is 1. The van der Waals surface area contributed by atoms with E-state index in [1.54, 1.807) is 18.2 Å². The quantitative estimate of drug-likeness (QED) is 0.552. The molecule has 0 saturated heterocycles. The molecule has 1 aromatic rings. The van der Waals surface area contributed by atoms with E-state index in [0.29, 0.717) is 17.0 Å². The standard InChI is InChI=1S/C13H20N2O4/c1-8(16)15-6-5-11(17)13(18)10-7-9(14)3-4-12(10)19-2/h3-4,7,11,13,17-18H,5-6,14H2,1-2H3,(H,15,16). The topological polar surface area (TPSA) is 105 Å². The number of carbonyl (C=O) groups is 1. The van der Waals surface area contributed by atoms with Crippen molar-refractivity contribution >= 4 is 11.6 Å². The van der Waals surface area contributed by atoms with Gasteiger partial charge in [0.25, 0.3) is 0 Å². The Hall–Kier alpha value is -1.79. The molecule has 1 amide bonds. The molecule has 0 aliphatic rings. The van der Waals surface area contributed by atoms with Crippen LogP contribution in [0.4, 0.5) is 5.69 Å². The molecule has 0 fully saturated rings. The number of ether oxygens (including phenoxy) is 1. The molecule has 19 heavy (non-hydrogen) atoms. The number of rotatable bonds is 6. The van der Waals surface area contributed by atoms with Crippen molar-refractivity contribution < 1.29 is 19.7 Å². The molecule has 0 aliphatic carbocycles. The SMILES string of the molecule is COc1ccc(N)cc1C(O)C(O)CCNC(C)=O. The van der Waals surface area contributed by atoms with Gasteiger partial charge in [-0.05, 0) is 24.6 Å². The van der Waals surface area contributed by atoms with Crippen LogP contribution in [0, 0.1) is 0 Å². The van der Waals surface area contributed by atoms with Crippen LogP contribution >= 0.6 is 0 Å². The number of aliphatic hydroxyl groups is 2. The van der Waals surface area contributed by atoms with E-state index in [9.17, 15) is 15.0 Å². The molecule has 1 aromatic carbocycles. The van der Waals surface area contributed by atoms with Gasteiger partial charge >= 0.3 is 0 Å². The van der Waals surface area contributed by atoms with Gasteiger partial charge in [0.05, 0.1) is 13.2 Å². The predicted octanol–water partition coefficient (Wildman–Crippen LogP) is 0.198. The molecule has 1 rings (SSSR count). The van der Waals surface area contributed by atoms with Gasteiger partial charge < -0.3 is 26.0 Å². The van der Waals surface area contributed by atoms with Crippen molar-refractivity contribution in [2.75, 3.05) is 19.4 Å². The van der Waals surface area contributed by atoms with E-state index < -0.39 is 12.2 Å². The third kappa shape index (κ3) is 4.42. The van der Waals surface area contributed by atoms with Crippen molar-refractivity contribution in [2.45, 2.75) is 25.6 Å². The first kappa shape index (κ1) is 15.3. The number of hydrogen-bond donors (Lipinski definition) is 4. The largest absolute Gasteiger partial charge is 0.496 e.